The van der Waals surface area contributed by atoms with Crippen LogP contribution in [-0.2, 0) is 16.2 Å². The van der Waals surface area contributed by atoms with Crippen LogP contribution >= 0.6 is 0 Å². The van der Waals surface area contributed by atoms with Gasteiger partial charge in [-0.25, -0.2) is 9.97 Å². The Kier molecular flexibility index (Phi) is 8.40. The van der Waals surface area contributed by atoms with Crippen molar-refractivity contribution in [1.29, 1.82) is 0 Å². The van der Waals surface area contributed by atoms with Crippen LogP contribution in [0.4, 0.5) is 0 Å². The highest BCUT2D eigenvalue weighted by atomic mass is 16.3. The van der Waals surface area contributed by atoms with Crippen LogP contribution in [-0.4, -0.2) is 19.5 Å². The molecule has 282 valence electrons. The minimum atomic E-state index is -0.226. The van der Waals surface area contributed by atoms with Gasteiger partial charge in [-0.05, 0) is 86.2 Å². The van der Waals surface area contributed by atoms with E-state index in [0.29, 0.717) is 0 Å². The minimum Gasteiger partial charge on any atom is -0.507 e. The summed E-state index contributed by atoms with van der Waals surface area (Å²) in [5.74, 6) is 0.269. The Morgan fingerprint density at radius 1 is 0.509 bits per heavy atom. The van der Waals surface area contributed by atoms with Crippen LogP contribution in [0.15, 0.2) is 146 Å². The fraction of sp³-hybridized carbons (Fsp3) is 0.208. The van der Waals surface area contributed by atoms with Crippen molar-refractivity contribution in [1.82, 2.24) is 14.4 Å². The van der Waals surface area contributed by atoms with Gasteiger partial charge in [0.2, 0.25) is 0 Å². The molecular weight excluding hydrogens is 695 g/mol. The maximum atomic E-state index is 12.3. The Hall–Kier alpha value is -6.26. The predicted octanol–water partition coefficient (Wildman–Crippen LogP) is 13.7. The maximum absolute atomic E-state index is 12.3. The zero-order chi connectivity index (χ0) is 39.9. The van der Waals surface area contributed by atoms with Gasteiger partial charge in [-0.15, -0.1) is 0 Å². The molecule has 9 rings (SSSR count). The summed E-state index contributed by atoms with van der Waals surface area (Å²) in [5.41, 5.74) is 17.0. The Morgan fingerprint density at radius 2 is 1.14 bits per heavy atom. The maximum Gasteiger partial charge on any atom is 0.137 e. The lowest BCUT2D eigenvalue weighted by atomic mass is 9.79. The fourth-order valence-corrected chi connectivity index (χ4v) is 8.52. The lowest BCUT2D eigenvalue weighted by Gasteiger charge is -2.26. The topological polar surface area (TPSA) is 50.4 Å². The molecule has 0 atom stereocenters. The average molecular weight is 744 g/mol. The molecule has 0 aliphatic heterocycles. The second kappa shape index (κ2) is 13.2. The summed E-state index contributed by atoms with van der Waals surface area (Å²) >= 11 is 0. The Labute approximate surface area is 336 Å². The summed E-state index contributed by atoms with van der Waals surface area (Å²) in [6.07, 6.45) is 2.08. The molecule has 5 aromatic carbocycles. The summed E-state index contributed by atoms with van der Waals surface area (Å²) in [6, 6.07) is 49.3. The SMILES string of the molecule is CC(C)(C)c1cc(-c2cc(-c3cccc(-c4nc5ccccn5c4-c4ccccc4)c3)nc(-c3ccc4c(c3O)-c3ccccc3C4(C)C)c2)cc(C(C)(C)C)c1. The molecule has 0 fully saturated rings. The van der Waals surface area contributed by atoms with Crippen LogP contribution in [0.2, 0.25) is 0 Å². The minimum absolute atomic E-state index is 0.0496. The van der Waals surface area contributed by atoms with E-state index in [1.165, 1.54) is 16.7 Å². The lowest BCUT2D eigenvalue weighted by Crippen LogP contribution is -2.16. The van der Waals surface area contributed by atoms with E-state index in [2.05, 4.69) is 187 Å². The first-order chi connectivity index (χ1) is 27.2. The van der Waals surface area contributed by atoms with Crippen molar-refractivity contribution >= 4 is 5.65 Å². The molecule has 1 aliphatic rings. The van der Waals surface area contributed by atoms with Crippen molar-refractivity contribution in [2.24, 2.45) is 0 Å². The lowest BCUT2D eigenvalue weighted by molar-refractivity contribution is 0.478. The van der Waals surface area contributed by atoms with E-state index in [0.717, 1.165) is 78.5 Å². The Bertz CT molecular complexity index is 2810. The van der Waals surface area contributed by atoms with E-state index < -0.39 is 0 Å². The summed E-state index contributed by atoms with van der Waals surface area (Å²) in [4.78, 5) is 10.6. The van der Waals surface area contributed by atoms with Crippen molar-refractivity contribution in [3.8, 4) is 73.0 Å². The monoisotopic (exact) mass is 743 g/mol. The average Bonchev–Trinajstić information content (AvgIpc) is 3.70. The molecular formula is C53H49N3O. The highest BCUT2D eigenvalue weighted by Gasteiger charge is 2.37. The van der Waals surface area contributed by atoms with Crippen molar-refractivity contribution in [3.63, 3.8) is 0 Å². The van der Waals surface area contributed by atoms with E-state index in [-0.39, 0.29) is 22.0 Å². The number of fused-ring (bicyclic) bond motifs is 4. The number of benzene rings is 5. The number of aromatic hydroxyl groups is 1. The normalized spacial score (nSPS) is 13.5. The first-order valence-electron chi connectivity index (χ1n) is 20.0. The number of phenolic OH excluding ortho intramolecular Hbond substituents is 1. The van der Waals surface area contributed by atoms with Gasteiger partial charge >= 0.3 is 0 Å². The molecule has 4 nitrogen and oxygen atoms in total. The number of aromatic nitrogens is 3. The molecule has 0 saturated carbocycles. The number of pyridine rings is 2. The zero-order valence-electron chi connectivity index (χ0n) is 34.1. The first-order valence-corrected chi connectivity index (χ1v) is 20.0. The molecule has 0 unspecified atom stereocenters. The molecule has 0 bridgehead atoms. The number of rotatable bonds is 5. The summed E-state index contributed by atoms with van der Waals surface area (Å²) in [7, 11) is 0. The van der Waals surface area contributed by atoms with Gasteiger partial charge < -0.3 is 5.11 Å². The molecule has 0 radical (unpaired) electrons. The van der Waals surface area contributed by atoms with E-state index in [1.54, 1.807) is 0 Å². The molecule has 1 N–H and O–H groups in total. The number of imidazole rings is 1. The molecule has 8 aromatic rings. The second-order valence-corrected chi connectivity index (χ2v) is 18.2. The molecule has 0 amide bonds. The van der Waals surface area contributed by atoms with Crippen molar-refractivity contribution in [3.05, 3.63) is 168 Å². The molecule has 3 heterocycles. The van der Waals surface area contributed by atoms with Gasteiger partial charge in [-0.1, -0.05) is 159 Å². The quantitative estimate of drug-likeness (QED) is 0.191. The largest absolute Gasteiger partial charge is 0.507 e. The van der Waals surface area contributed by atoms with Gasteiger partial charge in [0.15, 0.2) is 0 Å². The zero-order valence-corrected chi connectivity index (χ0v) is 34.1. The second-order valence-electron chi connectivity index (χ2n) is 18.2. The van der Waals surface area contributed by atoms with E-state index in [9.17, 15) is 5.11 Å². The van der Waals surface area contributed by atoms with Gasteiger partial charge in [0.1, 0.15) is 11.4 Å². The van der Waals surface area contributed by atoms with E-state index in [4.69, 9.17) is 9.97 Å². The van der Waals surface area contributed by atoms with Crippen LogP contribution in [0.5, 0.6) is 5.75 Å². The van der Waals surface area contributed by atoms with Crippen molar-refractivity contribution < 1.29 is 5.11 Å². The molecule has 0 saturated heterocycles. The van der Waals surface area contributed by atoms with Crippen molar-refractivity contribution in [2.45, 2.75) is 71.6 Å². The van der Waals surface area contributed by atoms with Crippen molar-refractivity contribution in [2.75, 3.05) is 0 Å². The van der Waals surface area contributed by atoms with Gasteiger partial charge in [-0.3, -0.25) is 4.40 Å². The first kappa shape index (κ1) is 36.4. The summed E-state index contributed by atoms with van der Waals surface area (Å²) in [6.45, 7) is 18.1. The van der Waals surface area contributed by atoms with Gasteiger partial charge in [0, 0.05) is 39.4 Å². The van der Waals surface area contributed by atoms with Gasteiger partial charge in [0.25, 0.3) is 0 Å². The molecule has 57 heavy (non-hydrogen) atoms. The van der Waals surface area contributed by atoms with Gasteiger partial charge in [-0.2, -0.15) is 0 Å². The third-order valence-electron chi connectivity index (χ3n) is 11.8. The molecule has 1 aliphatic carbocycles. The number of hydrogen-bond donors (Lipinski definition) is 1. The van der Waals surface area contributed by atoms with Crippen LogP contribution in [0.25, 0.3) is 72.9 Å². The number of phenols is 1. The smallest absolute Gasteiger partial charge is 0.137 e. The van der Waals surface area contributed by atoms with Crippen LogP contribution in [0, 0.1) is 0 Å². The number of nitrogens with zero attached hydrogens (tertiary/aromatic N) is 3. The Balaban J connectivity index is 1.28. The van der Waals surface area contributed by atoms with Crippen LogP contribution in [0.1, 0.15) is 77.6 Å². The highest BCUT2D eigenvalue weighted by Crippen LogP contribution is 2.54. The summed E-state index contributed by atoms with van der Waals surface area (Å²) in [5, 5.41) is 12.3. The van der Waals surface area contributed by atoms with Crippen LogP contribution in [0.3, 0.4) is 0 Å². The Morgan fingerprint density at radius 3 is 1.88 bits per heavy atom. The van der Waals surface area contributed by atoms with E-state index >= 15 is 0 Å². The molecule has 3 aromatic heterocycles. The number of hydrogen-bond acceptors (Lipinski definition) is 3. The third-order valence-corrected chi connectivity index (χ3v) is 11.8. The third kappa shape index (κ3) is 6.24. The molecule has 0 spiro atoms. The predicted molar refractivity (Wildman–Crippen MR) is 237 cm³/mol. The highest BCUT2D eigenvalue weighted by molar-refractivity contribution is 5.91. The van der Waals surface area contributed by atoms with E-state index in [1.807, 2.05) is 18.2 Å². The molecule has 4 heteroatoms. The van der Waals surface area contributed by atoms with Crippen LogP contribution < -0.4 is 0 Å². The fourth-order valence-electron chi connectivity index (χ4n) is 8.52. The standard InChI is InChI=1S/C53H49N3O/c1-51(2,3)38-28-36(29-39(32-38)52(4,5)6)37-30-44(54-45(31-37)41-24-25-43-47(50(41)57)40-21-12-13-22-42(40)53(43,7)8)34-19-16-20-35(27-34)48-49(33-17-10-9-11-18-33)56-26-15-14-23-46(56)55-48/h9-32,57H,1-8H3. The van der Waals surface area contributed by atoms with Gasteiger partial charge in [0.05, 0.1) is 22.8 Å². The summed E-state index contributed by atoms with van der Waals surface area (Å²) < 4.78 is 2.17.